The summed E-state index contributed by atoms with van der Waals surface area (Å²) >= 11 is 0. The highest BCUT2D eigenvalue weighted by atomic mass is 16.5. The van der Waals surface area contributed by atoms with Crippen LogP contribution in [0.15, 0.2) is 48.5 Å². The average molecular weight is 410 g/mol. The van der Waals surface area contributed by atoms with Gasteiger partial charge in [-0.15, -0.1) is 0 Å². The van der Waals surface area contributed by atoms with E-state index < -0.39 is 11.9 Å². The number of methoxy groups -OCH3 is 1. The highest BCUT2D eigenvalue weighted by Gasteiger charge is 2.37. The van der Waals surface area contributed by atoms with E-state index in [9.17, 15) is 14.4 Å². The van der Waals surface area contributed by atoms with Crippen LogP contribution in [0.1, 0.15) is 30.5 Å². The fourth-order valence-corrected chi connectivity index (χ4v) is 3.47. The van der Waals surface area contributed by atoms with Crippen molar-refractivity contribution < 1.29 is 23.9 Å². The van der Waals surface area contributed by atoms with Crippen molar-refractivity contribution in [3.05, 3.63) is 59.7 Å². The molecular weight excluding hydrogens is 384 g/mol. The molecule has 2 aromatic carbocycles. The molecule has 1 saturated heterocycles. The summed E-state index contributed by atoms with van der Waals surface area (Å²) in [4.78, 5) is 38.6. The molecule has 1 aliphatic heterocycles. The maximum Gasteiger partial charge on any atom is 0.311 e. The van der Waals surface area contributed by atoms with Gasteiger partial charge in [0.1, 0.15) is 5.75 Å². The number of carbonyl (C=O) groups is 3. The van der Waals surface area contributed by atoms with Crippen molar-refractivity contribution in [1.29, 1.82) is 0 Å². The maximum absolute atomic E-state index is 12.5. The molecule has 0 aromatic heterocycles. The van der Waals surface area contributed by atoms with Crippen molar-refractivity contribution in [2.45, 2.75) is 26.3 Å². The fraction of sp³-hybridized carbons (Fsp3) is 0.348. The number of nitrogens with zero attached hydrogens (tertiary/aromatic N) is 1. The molecule has 0 radical (unpaired) electrons. The molecule has 1 aliphatic rings. The average Bonchev–Trinajstić information content (AvgIpc) is 3.14. The molecule has 0 unspecified atom stereocenters. The van der Waals surface area contributed by atoms with Crippen molar-refractivity contribution in [3.63, 3.8) is 0 Å². The molecule has 2 atom stereocenters. The zero-order valence-electron chi connectivity index (χ0n) is 17.4. The minimum Gasteiger partial charge on any atom is -0.495 e. The zero-order valence-corrected chi connectivity index (χ0v) is 17.4. The molecule has 7 nitrogen and oxygen atoms in total. The van der Waals surface area contributed by atoms with E-state index in [4.69, 9.17) is 9.47 Å². The van der Waals surface area contributed by atoms with Gasteiger partial charge >= 0.3 is 5.97 Å². The zero-order chi connectivity index (χ0) is 21.7. The van der Waals surface area contributed by atoms with Gasteiger partial charge in [0.25, 0.3) is 5.91 Å². The number of anilines is 1. The Morgan fingerprint density at radius 3 is 2.63 bits per heavy atom. The van der Waals surface area contributed by atoms with Gasteiger partial charge in [-0.1, -0.05) is 36.4 Å². The smallest absolute Gasteiger partial charge is 0.311 e. The molecule has 7 heteroatoms. The lowest BCUT2D eigenvalue weighted by Gasteiger charge is -2.20. The molecule has 2 amide bonds. The summed E-state index contributed by atoms with van der Waals surface area (Å²) in [7, 11) is 1.54. The summed E-state index contributed by atoms with van der Waals surface area (Å²) in [6, 6.07) is 14.8. The van der Waals surface area contributed by atoms with Crippen LogP contribution < -0.4 is 15.0 Å². The first-order chi connectivity index (χ1) is 14.4. The van der Waals surface area contributed by atoms with Crippen molar-refractivity contribution in [3.8, 4) is 5.75 Å². The maximum atomic E-state index is 12.5. The highest BCUT2D eigenvalue weighted by Crippen LogP contribution is 2.34. The minimum atomic E-state index is -0.623. The summed E-state index contributed by atoms with van der Waals surface area (Å²) in [5.41, 5.74) is 2.57. The van der Waals surface area contributed by atoms with Gasteiger partial charge < -0.3 is 19.7 Å². The van der Waals surface area contributed by atoms with Gasteiger partial charge in [0.15, 0.2) is 6.61 Å². The predicted octanol–water partition coefficient (Wildman–Crippen LogP) is 2.78. The van der Waals surface area contributed by atoms with Crippen molar-refractivity contribution in [2.75, 3.05) is 25.2 Å². The molecule has 2 aromatic rings. The second-order valence-electron chi connectivity index (χ2n) is 7.39. The number of esters is 1. The first-order valence-corrected chi connectivity index (χ1v) is 9.85. The Hall–Kier alpha value is -3.35. The fourth-order valence-electron chi connectivity index (χ4n) is 3.47. The van der Waals surface area contributed by atoms with Gasteiger partial charge in [-0.2, -0.15) is 0 Å². The summed E-state index contributed by atoms with van der Waals surface area (Å²) in [5.74, 6) is -1.18. The molecule has 30 heavy (non-hydrogen) atoms. The minimum absolute atomic E-state index is 0.0396. The molecule has 0 aliphatic carbocycles. The number of ether oxygens (including phenoxy) is 2. The number of nitrogens with one attached hydrogen (secondary N) is 1. The topological polar surface area (TPSA) is 84.9 Å². The Morgan fingerprint density at radius 1 is 1.20 bits per heavy atom. The number of benzene rings is 2. The lowest BCUT2D eigenvalue weighted by molar-refractivity contribution is -0.152. The summed E-state index contributed by atoms with van der Waals surface area (Å²) in [6.45, 7) is 3.59. The first-order valence-electron chi connectivity index (χ1n) is 9.85. The third-order valence-electron chi connectivity index (χ3n) is 5.11. The summed E-state index contributed by atoms with van der Waals surface area (Å²) < 4.78 is 10.5. The second kappa shape index (κ2) is 9.43. The molecule has 158 valence electrons. The van der Waals surface area contributed by atoms with E-state index in [1.807, 2.05) is 56.3 Å². The van der Waals surface area contributed by atoms with Gasteiger partial charge in [0.05, 0.1) is 24.8 Å². The third kappa shape index (κ3) is 4.97. The number of aryl methyl sites for hydroxylation is 1. The molecule has 0 spiro atoms. The van der Waals surface area contributed by atoms with Crippen LogP contribution in [0, 0.1) is 12.8 Å². The Morgan fingerprint density at radius 2 is 1.93 bits per heavy atom. The van der Waals surface area contributed by atoms with E-state index >= 15 is 0 Å². The van der Waals surface area contributed by atoms with Gasteiger partial charge in [-0.25, -0.2) is 0 Å². The predicted molar refractivity (Wildman–Crippen MR) is 112 cm³/mol. The Labute approximate surface area is 176 Å². The van der Waals surface area contributed by atoms with Crippen molar-refractivity contribution in [2.24, 2.45) is 5.92 Å². The van der Waals surface area contributed by atoms with Crippen LogP contribution in [0.3, 0.4) is 0 Å². The largest absolute Gasteiger partial charge is 0.495 e. The second-order valence-corrected chi connectivity index (χ2v) is 7.39. The van der Waals surface area contributed by atoms with Crippen molar-refractivity contribution in [1.82, 2.24) is 5.32 Å². The molecule has 3 rings (SSSR count). The quantitative estimate of drug-likeness (QED) is 0.710. The monoisotopic (exact) mass is 410 g/mol. The van der Waals surface area contributed by atoms with Crippen LogP contribution in [0.25, 0.3) is 0 Å². The van der Waals surface area contributed by atoms with Gasteiger partial charge in [-0.3, -0.25) is 14.4 Å². The summed E-state index contributed by atoms with van der Waals surface area (Å²) in [6.07, 6.45) is 0.0396. The number of rotatable bonds is 7. The highest BCUT2D eigenvalue weighted by molar-refractivity contribution is 6.00. The van der Waals surface area contributed by atoms with Crippen LogP contribution in [0.2, 0.25) is 0 Å². The third-order valence-corrected chi connectivity index (χ3v) is 5.11. The van der Waals surface area contributed by atoms with Crippen LogP contribution >= 0.6 is 0 Å². The van der Waals surface area contributed by atoms with Crippen LogP contribution in [0.5, 0.6) is 5.75 Å². The number of carbonyl (C=O) groups excluding carboxylic acids is 3. The van der Waals surface area contributed by atoms with Gasteiger partial charge in [-0.05, 0) is 37.1 Å². The van der Waals surface area contributed by atoms with Gasteiger partial charge in [0.2, 0.25) is 5.91 Å². The SMILES string of the molecule is COc1ccc(C)cc1N1C[C@H](C(=O)OCC(=O)N[C@@H](C)c2ccccc2)CC1=O. The van der Waals surface area contributed by atoms with Crippen LogP contribution in [-0.2, 0) is 19.1 Å². The van der Waals surface area contributed by atoms with E-state index in [1.54, 1.807) is 6.07 Å². The van der Waals surface area contributed by atoms with E-state index in [2.05, 4.69) is 5.32 Å². The molecule has 0 saturated carbocycles. The summed E-state index contributed by atoms with van der Waals surface area (Å²) in [5, 5.41) is 2.80. The Balaban J connectivity index is 1.55. The lowest BCUT2D eigenvalue weighted by Crippen LogP contribution is -2.33. The van der Waals surface area contributed by atoms with Crippen molar-refractivity contribution >= 4 is 23.5 Å². The van der Waals surface area contributed by atoms with Gasteiger partial charge in [0, 0.05) is 13.0 Å². The first kappa shape index (κ1) is 21.4. The van der Waals surface area contributed by atoms with E-state index in [0.29, 0.717) is 11.4 Å². The number of hydrogen-bond donors (Lipinski definition) is 1. The van der Waals surface area contributed by atoms with E-state index in [0.717, 1.165) is 11.1 Å². The molecular formula is C23H26N2O5. The molecule has 1 fully saturated rings. The van der Waals surface area contributed by atoms with E-state index in [1.165, 1.54) is 12.0 Å². The Kier molecular flexibility index (Phi) is 6.72. The lowest BCUT2D eigenvalue weighted by atomic mass is 10.1. The number of hydrogen-bond acceptors (Lipinski definition) is 5. The Bertz CT molecular complexity index is 928. The van der Waals surface area contributed by atoms with E-state index in [-0.39, 0.29) is 37.4 Å². The standard InChI is InChI=1S/C23H26N2O5/c1-15-9-10-20(29-3)19(11-15)25-13-18(12-22(25)27)23(28)30-14-21(26)24-16(2)17-7-5-4-6-8-17/h4-11,16,18H,12-14H2,1-3H3,(H,24,26)/t16-,18+/m0/s1. The normalized spacial score (nSPS) is 16.8. The molecule has 1 heterocycles. The number of amides is 2. The molecule has 1 N–H and O–H groups in total. The molecule has 0 bridgehead atoms. The van der Waals surface area contributed by atoms with Crippen LogP contribution in [-0.4, -0.2) is 38.0 Å². The van der Waals surface area contributed by atoms with Crippen LogP contribution in [0.4, 0.5) is 5.69 Å².